The number of nitrogens with one attached hydrogen (secondary N) is 1. The van der Waals surface area contributed by atoms with Gasteiger partial charge >= 0.3 is 11.7 Å². The third-order valence-corrected chi connectivity index (χ3v) is 8.97. The summed E-state index contributed by atoms with van der Waals surface area (Å²) in [5.41, 5.74) is 5.24. The highest BCUT2D eigenvalue weighted by molar-refractivity contribution is 6.25. The Morgan fingerprint density at radius 1 is 0.391 bits per heavy atom. The van der Waals surface area contributed by atoms with Crippen molar-refractivity contribution in [2.75, 3.05) is 0 Å². The number of benzene rings is 8. The average Bonchev–Trinajstić information content (AvgIpc) is 3.14. The molecular formula is C43H28N3+. The van der Waals surface area contributed by atoms with Crippen LogP contribution in [0, 0.1) is 0 Å². The first kappa shape index (κ1) is 26.2. The van der Waals surface area contributed by atoms with E-state index in [4.69, 9.17) is 9.66 Å². The zero-order valence-electron chi connectivity index (χ0n) is 25.0. The Morgan fingerprint density at radius 3 is 1.85 bits per heavy atom. The van der Waals surface area contributed by atoms with Crippen LogP contribution < -0.4 is 9.98 Å². The minimum absolute atomic E-state index is 0.681. The molecule has 0 saturated heterocycles. The highest BCUT2D eigenvalue weighted by Crippen LogP contribution is 2.32. The first-order valence-corrected chi connectivity index (χ1v) is 15.6. The minimum atomic E-state index is 0.681. The lowest BCUT2D eigenvalue weighted by Crippen LogP contribution is -2.38. The topological polar surface area (TPSA) is 38.5 Å². The van der Waals surface area contributed by atoms with E-state index >= 15 is 0 Å². The van der Waals surface area contributed by atoms with Gasteiger partial charge in [0.15, 0.2) is 0 Å². The number of aliphatic imine (C=N–C) groups is 1. The molecule has 0 atom stereocenters. The number of fused-ring (bicyclic) bond motifs is 6. The molecule has 1 aliphatic heterocycles. The van der Waals surface area contributed by atoms with Crippen molar-refractivity contribution in [2.24, 2.45) is 4.99 Å². The van der Waals surface area contributed by atoms with Gasteiger partial charge in [-0.3, -0.25) is 0 Å². The first-order chi connectivity index (χ1) is 22.8. The van der Waals surface area contributed by atoms with Crippen molar-refractivity contribution in [3.8, 4) is 11.1 Å². The van der Waals surface area contributed by atoms with E-state index < -0.39 is 0 Å². The summed E-state index contributed by atoms with van der Waals surface area (Å²) in [5.74, 6) is 2.23. The van der Waals surface area contributed by atoms with Gasteiger partial charge in [-0.05, 0) is 84.5 Å². The summed E-state index contributed by atoms with van der Waals surface area (Å²) in [6.07, 6.45) is 0. The van der Waals surface area contributed by atoms with Crippen molar-refractivity contribution in [2.45, 2.75) is 0 Å². The van der Waals surface area contributed by atoms with E-state index in [9.17, 15) is 0 Å². The Morgan fingerprint density at radius 2 is 1.00 bits per heavy atom. The van der Waals surface area contributed by atoms with Gasteiger partial charge in [0.1, 0.15) is 0 Å². The van der Waals surface area contributed by atoms with Gasteiger partial charge in [-0.2, -0.15) is 0 Å². The fraction of sp³-hybridized carbons (Fsp3) is 0. The smallest absolute Gasteiger partial charge is 0.229 e. The SMILES string of the molecule is c1ccc(-c2ccccc2C2=[N+]=C(c3ccc4ccccc4c3)NC(c3ccc4ccc5c6ccccc6ccc5c4c3)=N2)cc1. The van der Waals surface area contributed by atoms with Crippen LogP contribution in [0.5, 0.6) is 0 Å². The maximum atomic E-state index is 5.22. The van der Waals surface area contributed by atoms with Crippen LogP contribution in [0.2, 0.25) is 0 Å². The van der Waals surface area contributed by atoms with E-state index in [2.05, 4.69) is 163 Å². The summed E-state index contributed by atoms with van der Waals surface area (Å²) in [6, 6.07) is 57.9. The molecule has 3 nitrogen and oxygen atoms in total. The van der Waals surface area contributed by atoms with Gasteiger partial charge in [-0.1, -0.05) is 138 Å². The lowest BCUT2D eigenvalue weighted by Gasteiger charge is -2.12. The zero-order valence-corrected chi connectivity index (χ0v) is 25.0. The molecule has 8 aromatic rings. The molecule has 0 spiro atoms. The molecule has 214 valence electrons. The van der Waals surface area contributed by atoms with Gasteiger partial charge in [0, 0.05) is 0 Å². The molecule has 0 saturated carbocycles. The molecule has 46 heavy (non-hydrogen) atoms. The summed E-state index contributed by atoms with van der Waals surface area (Å²) >= 11 is 0. The van der Waals surface area contributed by atoms with Gasteiger partial charge in [0.05, 0.1) is 16.7 Å². The summed E-state index contributed by atoms with van der Waals surface area (Å²) in [6.45, 7) is 0. The zero-order chi connectivity index (χ0) is 30.5. The number of hydrogen-bond acceptors (Lipinski definition) is 2. The van der Waals surface area contributed by atoms with Crippen LogP contribution >= 0.6 is 0 Å². The normalized spacial score (nSPS) is 13.0. The van der Waals surface area contributed by atoms with Crippen molar-refractivity contribution in [1.82, 2.24) is 9.98 Å². The summed E-state index contributed by atoms with van der Waals surface area (Å²) in [7, 11) is 0. The van der Waals surface area contributed by atoms with Gasteiger partial charge < -0.3 is 0 Å². The Balaban J connectivity index is 1.25. The van der Waals surface area contributed by atoms with E-state index in [0.29, 0.717) is 5.84 Å². The Labute approximate surface area is 266 Å². The maximum Gasteiger partial charge on any atom is 0.360 e. The molecular weight excluding hydrogens is 558 g/mol. The van der Waals surface area contributed by atoms with E-state index in [1.54, 1.807) is 0 Å². The van der Waals surface area contributed by atoms with E-state index in [-0.39, 0.29) is 0 Å². The molecule has 1 N–H and O–H groups in total. The molecule has 1 aliphatic rings. The van der Waals surface area contributed by atoms with Crippen LogP contribution in [-0.2, 0) is 0 Å². The van der Waals surface area contributed by atoms with Gasteiger partial charge in [-0.25, -0.2) is 9.98 Å². The largest absolute Gasteiger partial charge is 0.360 e. The van der Waals surface area contributed by atoms with Crippen molar-refractivity contribution in [1.29, 1.82) is 0 Å². The number of rotatable bonds is 4. The Kier molecular flexibility index (Phi) is 6.09. The van der Waals surface area contributed by atoms with E-state index in [0.717, 1.165) is 39.5 Å². The fourth-order valence-corrected chi connectivity index (χ4v) is 6.65. The van der Waals surface area contributed by atoms with E-state index in [1.807, 2.05) is 6.07 Å². The molecule has 0 amide bonds. The molecule has 0 fully saturated rings. The second-order valence-electron chi connectivity index (χ2n) is 11.7. The second kappa shape index (κ2) is 10.7. The van der Waals surface area contributed by atoms with Crippen molar-refractivity contribution in [3.63, 3.8) is 0 Å². The van der Waals surface area contributed by atoms with Gasteiger partial charge in [0.25, 0.3) is 5.84 Å². The highest BCUT2D eigenvalue weighted by atomic mass is 15.1. The molecule has 0 radical (unpaired) electrons. The quantitative estimate of drug-likeness (QED) is 0.162. The number of nitrogens with zero attached hydrogens (tertiary/aromatic N) is 2. The van der Waals surface area contributed by atoms with Crippen LogP contribution in [0.15, 0.2) is 169 Å². The lowest BCUT2D eigenvalue weighted by molar-refractivity contribution is 1.25. The molecule has 0 bridgehead atoms. The lowest BCUT2D eigenvalue weighted by atomic mass is 9.95. The highest BCUT2D eigenvalue weighted by Gasteiger charge is 2.28. The first-order valence-electron chi connectivity index (χ1n) is 15.6. The molecule has 0 unspecified atom stereocenters. The minimum Gasteiger partial charge on any atom is -0.229 e. The van der Waals surface area contributed by atoms with Crippen LogP contribution in [0.25, 0.3) is 54.2 Å². The predicted molar refractivity (Wildman–Crippen MR) is 195 cm³/mol. The molecule has 8 aromatic carbocycles. The summed E-state index contributed by atoms with van der Waals surface area (Å²) < 4.78 is 5.17. The number of amidine groups is 3. The molecule has 1 heterocycles. The van der Waals surface area contributed by atoms with Gasteiger partial charge in [0.2, 0.25) is 0 Å². The van der Waals surface area contributed by atoms with Crippen LogP contribution in [0.1, 0.15) is 16.7 Å². The van der Waals surface area contributed by atoms with Crippen LogP contribution in [0.3, 0.4) is 0 Å². The molecule has 0 aliphatic carbocycles. The fourth-order valence-electron chi connectivity index (χ4n) is 6.65. The monoisotopic (exact) mass is 586 g/mol. The van der Waals surface area contributed by atoms with Crippen molar-refractivity contribution in [3.05, 3.63) is 180 Å². The van der Waals surface area contributed by atoms with E-state index in [1.165, 1.54) is 43.1 Å². The predicted octanol–water partition coefficient (Wildman–Crippen LogP) is 9.28. The average molecular weight is 587 g/mol. The standard InChI is InChI=1S/C43H27N3/c1-2-11-29(12-3-1)36-16-8-9-17-39(36)43-45-41(33-20-18-28-10-4-5-14-32(28)26-33)44-42(46-43)34-21-19-31-23-24-37-35-15-7-6-13-30(35)22-25-38(37)40(31)27-34/h1-27H/p+1. The molecule has 9 rings (SSSR count). The van der Waals surface area contributed by atoms with Crippen LogP contribution in [0.4, 0.5) is 0 Å². The summed E-state index contributed by atoms with van der Waals surface area (Å²) in [5, 5.41) is 13.4. The third kappa shape index (κ3) is 4.47. The maximum absolute atomic E-state index is 5.22. The molecule has 3 heteroatoms. The Bertz CT molecular complexity index is 2590. The van der Waals surface area contributed by atoms with Crippen molar-refractivity contribution >= 4 is 60.6 Å². The Hall–Kier alpha value is -6.28. The number of hydrogen-bond donors (Lipinski definition) is 1. The van der Waals surface area contributed by atoms with Gasteiger partial charge in [-0.15, -0.1) is 0 Å². The third-order valence-electron chi connectivity index (χ3n) is 8.97. The molecule has 0 aromatic heterocycles. The van der Waals surface area contributed by atoms with Crippen molar-refractivity contribution < 1.29 is 0 Å². The van der Waals surface area contributed by atoms with Crippen LogP contribution in [-0.4, -0.2) is 17.5 Å². The second-order valence-corrected chi connectivity index (χ2v) is 11.7. The summed E-state index contributed by atoms with van der Waals surface area (Å²) in [4.78, 5) is 5.22.